The molecule has 214 valence electrons. The Labute approximate surface area is 240 Å². The van der Waals surface area contributed by atoms with Gasteiger partial charge in [0.2, 0.25) is 15.2 Å². The molecule has 2 atom stereocenters. The minimum atomic E-state index is -3.73. The van der Waals surface area contributed by atoms with E-state index in [1.165, 1.54) is 58.3 Å². The van der Waals surface area contributed by atoms with Crippen LogP contribution in [0.15, 0.2) is 69.0 Å². The maximum absolute atomic E-state index is 13.7. The van der Waals surface area contributed by atoms with Crippen molar-refractivity contribution in [1.29, 1.82) is 0 Å². The number of amides is 1. The molecule has 1 saturated heterocycles. The number of nitro groups is 1. The monoisotopic (exact) mass is 597 g/mol. The van der Waals surface area contributed by atoms with Crippen LogP contribution in [0.4, 0.5) is 11.0 Å². The van der Waals surface area contributed by atoms with Gasteiger partial charge in [0.1, 0.15) is 10.7 Å². The number of hydrogen-bond acceptors (Lipinski definition) is 10. The van der Waals surface area contributed by atoms with Crippen molar-refractivity contribution in [2.24, 2.45) is 16.9 Å². The Kier molecular flexibility index (Phi) is 7.89. The number of anilines is 1. The van der Waals surface area contributed by atoms with Gasteiger partial charge >= 0.3 is 5.88 Å². The molecule has 1 amide bonds. The molecule has 3 heterocycles. The van der Waals surface area contributed by atoms with Crippen LogP contribution >= 0.6 is 11.3 Å². The molecule has 41 heavy (non-hydrogen) atoms. The highest BCUT2D eigenvalue weighted by Gasteiger charge is 2.32. The van der Waals surface area contributed by atoms with Crippen molar-refractivity contribution in [3.05, 3.63) is 76.0 Å². The van der Waals surface area contributed by atoms with E-state index in [4.69, 9.17) is 9.15 Å². The summed E-state index contributed by atoms with van der Waals surface area (Å²) in [5.74, 6) is 0.133. The fourth-order valence-electron chi connectivity index (χ4n) is 4.77. The Bertz CT molecular complexity index is 1720. The second-order valence-corrected chi connectivity index (χ2v) is 12.9. The number of aromatic nitrogens is 1. The van der Waals surface area contributed by atoms with Gasteiger partial charge in [0.05, 0.1) is 34.5 Å². The number of rotatable bonds is 8. The van der Waals surface area contributed by atoms with Crippen molar-refractivity contribution >= 4 is 54.7 Å². The number of nitrogens with zero attached hydrogens (tertiary/aromatic N) is 5. The van der Waals surface area contributed by atoms with Gasteiger partial charge in [-0.25, -0.2) is 13.4 Å². The zero-order valence-electron chi connectivity index (χ0n) is 22.5. The second-order valence-electron chi connectivity index (χ2n) is 9.92. The van der Waals surface area contributed by atoms with Crippen LogP contribution in [-0.2, 0) is 10.0 Å². The summed E-state index contributed by atoms with van der Waals surface area (Å²) in [7, 11) is -2.18. The second kappa shape index (κ2) is 11.4. The Hall–Kier alpha value is -4.14. The third-order valence-electron chi connectivity index (χ3n) is 6.63. The standard InChI is InChI=1S/C27H27N5O7S2/c1-17-12-18(2)16-30(15-17)41(36,37)22-8-4-19(5-9-22)26(33)31(28-14-21-7-11-25(39-21)32(34)35)27-29-23-10-6-20(38-3)13-24(23)40-27/h4-11,13-14,17-18H,12,15-16H2,1-3H3/b28-14+. The number of thiazole rings is 1. The number of ether oxygens (including phenoxy) is 1. The summed E-state index contributed by atoms with van der Waals surface area (Å²) in [6.07, 6.45) is 2.15. The number of furan rings is 1. The van der Waals surface area contributed by atoms with Crippen molar-refractivity contribution in [2.45, 2.75) is 25.2 Å². The first-order valence-electron chi connectivity index (χ1n) is 12.7. The predicted molar refractivity (Wildman–Crippen MR) is 154 cm³/mol. The lowest BCUT2D eigenvalue weighted by Gasteiger charge is -2.34. The van der Waals surface area contributed by atoms with Gasteiger partial charge in [-0.05, 0) is 66.8 Å². The lowest BCUT2D eigenvalue weighted by molar-refractivity contribution is -0.402. The first kappa shape index (κ1) is 28.4. The number of hydrazone groups is 1. The van der Waals surface area contributed by atoms with Gasteiger partial charge in [-0.1, -0.05) is 25.2 Å². The third kappa shape index (κ3) is 5.99. The van der Waals surface area contributed by atoms with Crippen LogP contribution < -0.4 is 9.75 Å². The van der Waals surface area contributed by atoms with E-state index in [9.17, 15) is 23.3 Å². The molecule has 0 radical (unpaired) electrons. The summed E-state index contributed by atoms with van der Waals surface area (Å²) in [4.78, 5) is 28.6. The van der Waals surface area contributed by atoms with Crippen LogP contribution in [0.3, 0.4) is 0 Å². The quantitative estimate of drug-likeness (QED) is 0.154. The van der Waals surface area contributed by atoms with E-state index in [1.54, 1.807) is 25.3 Å². The first-order valence-corrected chi connectivity index (χ1v) is 15.0. The summed E-state index contributed by atoms with van der Waals surface area (Å²) in [5, 5.41) is 16.5. The van der Waals surface area contributed by atoms with E-state index in [0.717, 1.165) is 16.1 Å². The van der Waals surface area contributed by atoms with Gasteiger partial charge in [-0.15, -0.1) is 0 Å². The molecule has 5 rings (SSSR count). The van der Waals surface area contributed by atoms with Gasteiger partial charge in [-0.2, -0.15) is 14.4 Å². The third-order valence-corrected chi connectivity index (χ3v) is 9.46. The first-order chi connectivity index (χ1) is 19.5. The SMILES string of the molecule is COc1ccc2nc(N(/N=C/c3ccc([N+](=O)[O-])o3)C(=O)c3ccc(S(=O)(=O)N4CC(C)CC(C)C4)cc3)sc2c1. The Morgan fingerprint density at radius 2 is 1.88 bits per heavy atom. The Morgan fingerprint density at radius 1 is 1.17 bits per heavy atom. The molecule has 2 aromatic carbocycles. The maximum Gasteiger partial charge on any atom is 0.433 e. The van der Waals surface area contributed by atoms with E-state index in [1.807, 2.05) is 13.8 Å². The van der Waals surface area contributed by atoms with E-state index in [-0.39, 0.29) is 33.2 Å². The fourth-order valence-corrected chi connectivity index (χ4v) is 7.40. The zero-order chi connectivity index (χ0) is 29.3. The van der Waals surface area contributed by atoms with Gasteiger partial charge in [0, 0.05) is 18.7 Å². The van der Waals surface area contributed by atoms with Gasteiger partial charge < -0.3 is 9.15 Å². The van der Waals surface area contributed by atoms with Crippen LogP contribution in [0, 0.1) is 22.0 Å². The molecule has 1 aliphatic rings. The number of hydrogen-bond donors (Lipinski definition) is 0. The molecular formula is C27H27N5O7S2. The summed E-state index contributed by atoms with van der Waals surface area (Å²) in [5.41, 5.74) is 0.780. The number of sulfonamides is 1. The normalized spacial score (nSPS) is 18.1. The minimum Gasteiger partial charge on any atom is -0.497 e. The van der Waals surface area contributed by atoms with Crippen LogP contribution in [0.25, 0.3) is 10.2 Å². The molecule has 0 N–H and O–H groups in total. The molecule has 0 spiro atoms. The molecule has 0 saturated carbocycles. The van der Waals surface area contributed by atoms with Crippen molar-refractivity contribution in [2.75, 3.05) is 25.2 Å². The van der Waals surface area contributed by atoms with E-state index >= 15 is 0 Å². The van der Waals surface area contributed by atoms with Crippen LogP contribution in [0.2, 0.25) is 0 Å². The van der Waals surface area contributed by atoms with Crippen LogP contribution in [-0.4, -0.2) is 55.0 Å². The molecule has 4 aromatic rings. The van der Waals surface area contributed by atoms with Crippen LogP contribution in [0.1, 0.15) is 36.4 Å². The van der Waals surface area contributed by atoms with Crippen LogP contribution in [0.5, 0.6) is 5.75 Å². The lowest BCUT2D eigenvalue weighted by Crippen LogP contribution is -2.42. The predicted octanol–water partition coefficient (Wildman–Crippen LogP) is 5.15. The summed E-state index contributed by atoms with van der Waals surface area (Å²) in [6, 6.07) is 13.5. The molecule has 1 aliphatic heterocycles. The summed E-state index contributed by atoms with van der Waals surface area (Å²) < 4.78 is 39.3. The van der Waals surface area contributed by atoms with Gasteiger partial charge in [0.25, 0.3) is 5.91 Å². The van der Waals surface area contributed by atoms with Gasteiger partial charge in [0.15, 0.2) is 5.76 Å². The number of fused-ring (bicyclic) bond motifs is 1. The Morgan fingerprint density at radius 3 is 2.51 bits per heavy atom. The molecule has 0 aliphatic carbocycles. The highest BCUT2D eigenvalue weighted by molar-refractivity contribution is 7.89. The average Bonchev–Trinajstić information content (AvgIpc) is 3.59. The van der Waals surface area contributed by atoms with E-state index in [2.05, 4.69) is 10.1 Å². The molecule has 14 heteroatoms. The number of methoxy groups -OCH3 is 1. The minimum absolute atomic E-state index is 0.0590. The van der Waals surface area contributed by atoms with Crippen molar-refractivity contribution in [1.82, 2.24) is 9.29 Å². The number of carbonyl (C=O) groups is 1. The largest absolute Gasteiger partial charge is 0.497 e. The molecular weight excluding hydrogens is 570 g/mol. The molecule has 2 aromatic heterocycles. The molecule has 2 unspecified atom stereocenters. The van der Waals surface area contributed by atoms with E-state index in [0.29, 0.717) is 24.4 Å². The van der Waals surface area contributed by atoms with Crippen molar-refractivity contribution in [3.63, 3.8) is 0 Å². The summed E-state index contributed by atoms with van der Waals surface area (Å²) >= 11 is 1.19. The number of carbonyl (C=O) groups excluding carboxylic acids is 1. The fraction of sp³-hybridized carbons (Fsp3) is 0.296. The molecule has 12 nitrogen and oxygen atoms in total. The van der Waals surface area contributed by atoms with E-state index < -0.39 is 26.7 Å². The smallest absolute Gasteiger partial charge is 0.433 e. The highest BCUT2D eigenvalue weighted by atomic mass is 32.2. The highest BCUT2D eigenvalue weighted by Crippen LogP contribution is 2.33. The maximum atomic E-state index is 13.7. The Balaban J connectivity index is 1.47. The lowest BCUT2D eigenvalue weighted by atomic mass is 9.94. The molecule has 1 fully saturated rings. The number of piperidine rings is 1. The zero-order valence-corrected chi connectivity index (χ0v) is 24.1. The average molecular weight is 598 g/mol. The molecule has 0 bridgehead atoms. The van der Waals surface area contributed by atoms with Crippen molar-refractivity contribution < 1.29 is 27.3 Å². The topological polar surface area (TPSA) is 148 Å². The van der Waals surface area contributed by atoms with Crippen molar-refractivity contribution in [3.8, 4) is 5.75 Å². The van der Waals surface area contributed by atoms with Gasteiger partial charge in [-0.3, -0.25) is 14.9 Å². The number of benzene rings is 2. The summed E-state index contributed by atoms with van der Waals surface area (Å²) in [6.45, 7) is 4.97.